The molecule has 0 aromatic heterocycles. The van der Waals surface area contributed by atoms with Crippen LogP contribution in [0.5, 0.6) is 23.0 Å². The highest BCUT2D eigenvalue weighted by Gasteiger charge is 2.19. The largest absolute Gasteiger partial charge is 0.507 e. The van der Waals surface area contributed by atoms with Gasteiger partial charge in [-0.05, 0) is 62.5 Å². The standard InChI is InChI=1S/C28H41NO6/c1-4-12-22-25(17-16-23(27(22)32)28(33)35-20-18-29(5-2)6-3)34-19-10-8-7-9-13-21-14-11-15-24(30)26(21)31/h11,14-17,30-32H,4-10,12-13,18-20H2,1-3H3. The van der Waals surface area contributed by atoms with Gasteiger partial charge in [-0.2, -0.15) is 0 Å². The van der Waals surface area contributed by atoms with Crippen molar-refractivity contribution in [3.05, 3.63) is 47.0 Å². The van der Waals surface area contributed by atoms with Crippen molar-refractivity contribution in [1.29, 1.82) is 0 Å². The van der Waals surface area contributed by atoms with Gasteiger partial charge in [-0.1, -0.05) is 52.2 Å². The first-order chi connectivity index (χ1) is 16.9. The highest BCUT2D eigenvalue weighted by molar-refractivity contribution is 5.93. The van der Waals surface area contributed by atoms with E-state index in [0.717, 1.165) is 50.8 Å². The summed E-state index contributed by atoms with van der Waals surface area (Å²) in [6.07, 6.45) is 5.83. The molecule has 0 fully saturated rings. The van der Waals surface area contributed by atoms with Gasteiger partial charge in [0, 0.05) is 12.1 Å². The van der Waals surface area contributed by atoms with Gasteiger partial charge in [0.1, 0.15) is 23.7 Å². The number of carbonyl (C=O) groups excluding carboxylic acids is 1. The number of phenolic OH excluding ortho intramolecular Hbond substituents is 3. The highest BCUT2D eigenvalue weighted by atomic mass is 16.5. The molecular formula is C28H41NO6. The lowest BCUT2D eigenvalue weighted by Crippen LogP contribution is -2.27. The molecule has 0 saturated heterocycles. The van der Waals surface area contributed by atoms with E-state index in [1.807, 2.05) is 13.0 Å². The molecule has 2 aromatic rings. The Hall–Kier alpha value is -2.93. The number of unbranched alkanes of at least 4 members (excludes halogenated alkanes) is 3. The molecular weight excluding hydrogens is 446 g/mol. The lowest BCUT2D eigenvalue weighted by atomic mass is 10.0. The third kappa shape index (κ3) is 8.66. The lowest BCUT2D eigenvalue weighted by Gasteiger charge is -2.18. The summed E-state index contributed by atoms with van der Waals surface area (Å²) in [6.45, 7) is 9.40. The van der Waals surface area contributed by atoms with Crippen LogP contribution in [0.2, 0.25) is 0 Å². The number of nitrogens with zero attached hydrogens (tertiary/aromatic N) is 1. The zero-order valence-corrected chi connectivity index (χ0v) is 21.4. The van der Waals surface area contributed by atoms with Gasteiger partial charge in [0.05, 0.1) is 6.61 Å². The van der Waals surface area contributed by atoms with Crippen molar-refractivity contribution in [2.75, 3.05) is 32.8 Å². The third-order valence-corrected chi connectivity index (χ3v) is 6.19. The molecule has 0 heterocycles. The van der Waals surface area contributed by atoms with Gasteiger partial charge < -0.3 is 29.7 Å². The molecule has 0 atom stereocenters. The predicted octanol–water partition coefficient (Wildman–Crippen LogP) is 5.44. The molecule has 2 aromatic carbocycles. The number of phenols is 3. The fourth-order valence-corrected chi connectivity index (χ4v) is 4.03. The second kappa shape index (κ2) is 15.1. The lowest BCUT2D eigenvalue weighted by molar-refractivity contribution is 0.0463. The van der Waals surface area contributed by atoms with Gasteiger partial charge in [0.2, 0.25) is 0 Å². The van der Waals surface area contributed by atoms with E-state index >= 15 is 0 Å². The second-order valence-corrected chi connectivity index (χ2v) is 8.65. The first kappa shape index (κ1) is 28.3. The monoisotopic (exact) mass is 487 g/mol. The summed E-state index contributed by atoms with van der Waals surface area (Å²) in [6, 6.07) is 8.36. The summed E-state index contributed by atoms with van der Waals surface area (Å²) in [4.78, 5) is 14.7. The number of ether oxygens (including phenoxy) is 2. The predicted molar refractivity (Wildman–Crippen MR) is 138 cm³/mol. The van der Waals surface area contributed by atoms with Crippen molar-refractivity contribution in [2.24, 2.45) is 0 Å². The minimum absolute atomic E-state index is 0.0321. The Morgan fingerprint density at radius 3 is 2.31 bits per heavy atom. The molecule has 0 unspecified atom stereocenters. The molecule has 0 amide bonds. The molecule has 2 rings (SSSR count). The fourth-order valence-electron chi connectivity index (χ4n) is 4.03. The molecule has 7 nitrogen and oxygen atoms in total. The number of benzene rings is 2. The summed E-state index contributed by atoms with van der Waals surface area (Å²) in [5.74, 6) is -0.0792. The van der Waals surface area contributed by atoms with Gasteiger partial charge in [-0.3, -0.25) is 0 Å². The molecule has 0 bridgehead atoms. The fraction of sp³-hybridized carbons (Fsp3) is 0.536. The van der Waals surface area contributed by atoms with Crippen molar-refractivity contribution in [1.82, 2.24) is 4.90 Å². The average Bonchev–Trinajstić information content (AvgIpc) is 2.85. The molecule has 0 aliphatic heterocycles. The average molecular weight is 488 g/mol. The van der Waals surface area contributed by atoms with E-state index in [4.69, 9.17) is 9.47 Å². The number of rotatable bonds is 16. The van der Waals surface area contributed by atoms with Crippen LogP contribution in [0.3, 0.4) is 0 Å². The smallest absolute Gasteiger partial charge is 0.341 e. The Bertz CT molecular complexity index is 926. The van der Waals surface area contributed by atoms with Crippen LogP contribution in [0.15, 0.2) is 30.3 Å². The number of hydrogen-bond acceptors (Lipinski definition) is 7. The molecule has 0 radical (unpaired) electrons. The number of aromatic hydroxyl groups is 3. The Labute approximate surface area is 209 Å². The first-order valence-corrected chi connectivity index (χ1v) is 12.8. The van der Waals surface area contributed by atoms with Gasteiger partial charge in [-0.15, -0.1) is 0 Å². The van der Waals surface area contributed by atoms with Crippen LogP contribution < -0.4 is 4.74 Å². The van der Waals surface area contributed by atoms with Crippen LogP contribution >= 0.6 is 0 Å². The molecule has 7 heteroatoms. The maximum atomic E-state index is 12.5. The minimum atomic E-state index is -0.517. The highest BCUT2D eigenvalue weighted by Crippen LogP contribution is 2.33. The van der Waals surface area contributed by atoms with Crippen LogP contribution in [-0.2, 0) is 17.6 Å². The third-order valence-electron chi connectivity index (χ3n) is 6.19. The van der Waals surface area contributed by atoms with Gasteiger partial charge in [0.25, 0.3) is 0 Å². The number of carbonyl (C=O) groups is 1. The maximum absolute atomic E-state index is 12.5. The topological polar surface area (TPSA) is 99.5 Å². The Morgan fingerprint density at radius 1 is 0.857 bits per heavy atom. The molecule has 0 saturated carbocycles. The Kier molecular flexibility index (Phi) is 12.2. The van der Waals surface area contributed by atoms with E-state index in [1.165, 1.54) is 6.07 Å². The molecule has 35 heavy (non-hydrogen) atoms. The maximum Gasteiger partial charge on any atom is 0.341 e. The van der Waals surface area contributed by atoms with Crippen molar-refractivity contribution >= 4 is 5.97 Å². The number of para-hydroxylation sites is 1. The quantitative estimate of drug-likeness (QED) is 0.165. The summed E-state index contributed by atoms with van der Waals surface area (Å²) in [5.41, 5.74) is 1.58. The SMILES string of the molecule is CCCc1c(OCCCCCCc2cccc(O)c2O)ccc(C(=O)OCCN(CC)CC)c1O. The van der Waals surface area contributed by atoms with Gasteiger partial charge >= 0.3 is 5.97 Å². The summed E-state index contributed by atoms with van der Waals surface area (Å²) >= 11 is 0. The number of hydrogen-bond donors (Lipinski definition) is 3. The van der Waals surface area contributed by atoms with Gasteiger partial charge in [-0.25, -0.2) is 4.79 Å². The van der Waals surface area contributed by atoms with Crippen LogP contribution in [0, 0.1) is 0 Å². The zero-order chi connectivity index (χ0) is 25.6. The van der Waals surface area contributed by atoms with Gasteiger partial charge in [0.15, 0.2) is 11.5 Å². The first-order valence-electron chi connectivity index (χ1n) is 12.8. The van der Waals surface area contributed by atoms with Crippen molar-refractivity contribution < 1.29 is 29.6 Å². The Morgan fingerprint density at radius 2 is 1.60 bits per heavy atom. The minimum Gasteiger partial charge on any atom is -0.507 e. The molecule has 0 aliphatic carbocycles. The second-order valence-electron chi connectivity index (χ2n) is 8.65. The Balaban J connectivity index is 1.83. The molecule has 0 aliphatic rings. The van der Waals surface area contributed by atoms with Crippen LogP contribution in [-0.4, -0.2) is 59.0 Å². The van der Waals surface area contributed by atoms with Crippen molar-refractivity contribution in [3.8, 4) is 23.0 Å². The van der Waals surface area contributed by atoms with Crippen LogP contribution in [0.1, 0.15) is 74.4 Å². The van der Waals surface area contributed by atoms with E-state index in [9.17, 15) is 20.1 Å². The van der Waals surface area contributed by atoms with Crippen molar-refractivity contribution in [3.63, 3.8) is 0 Å². The molecule has 194 valence electrons. The summed E-state index contributed by atoms with van der Waals surface area (Å²) in [5, 5.41) is 30.2. The summed E-state index contributed by atoms with van der Waals surface area (Å²) < 4.78 is 11.3. The summed E-state index contributed by atoms with van der Waals surface area (Å²) in [7, 11) is 0. The zero-order valence-electron chi connectivity index (χ0n) is 21.4. The van der Waals surface area contributed by atoms with Crippen LogP contribution in [0.25, 0.3) is 0 Å². The van der Waals surface area contributed by atoms with E-state index in [-0.39, 0.29) is 29.4 Å². The van der Waals surface area contributed by atoms with E-state index in [1.54, 1.807) is 18.2 Å². The number of aryl methyl sites for hydroxylation is 1. The van der Waals surface area contributed by atoms with E-state index in [0.29, 0.717) is 37.3 Å². The number of esters is 1. The van der Waals surface area contributed by atoms with Crippen LogP contribution in [0.4, 0.5) is 0 Å². The van der Waals surface area contributed by atoms with E-state index < -0.39 is 5.97 Å². The van der Waals surface area contributed by atoms with Crippen molar-refractivity contribution in [2.45, 2.75) is 65.7 Å². The van der Waals surface area contributed by atoms with E-state index in [2.05, 4.69) is 18.7 Å². The number of likely N-dealkylation sites (N-methyl/N-ethyl adjacent to an activating group) is 1. The molecule has 0 spiro atoms. The normalized spacial score (nSPS) is 11.1. The molecule has 3 N–H and O–H groups in total.